The van der Waals surface area contributed by atoms with Crippen molar-refractivity contribution in [1.29, 1.82) is 0 Å². The van der Waals surface area contributed by atoms with Gasteiger partial charge >= 0.3 is 0 Å². The fraction of sp³-hybridized carbons (Fsp3) is 0.650. The fourth-order valence-electron chi connectivity index (χ4n) is 2.99. The molecule has 1 fully saturated rings. The van der Waals surface area contributed by atoms with Crippen molar-refractivity contribution in [3.8, 4) is 0 Å². The van der Waals surface area contributed by atoms with E-state index < -0.39 is 0 Å². The molecule has 2 rings (SSSR count). The zero-order valence-electron chi connectivity index (χ0n) is 15.9. The molecule has 1 heterocycles. The first-order valence-corrected chi connectivity index (χ1v) is 9.07. The lowest BCUT2D eigenvalue weighted by atomic mass is 9.81. The summed E-state index contributed by atoms with van der Waals surface area (Å²) in [5, 5.41) is 16.2. The molecule has 0 unspecified atom stereocenters. The van der Waals surface area contributed by atoms with Crippen molar-refractivity contribution in [3.63, 3.8) is 0 Å². The number of hydrogen-bond acceptors (Lipinski definition) is 4. The van der Waals surface area contributed by atoms with E-state index in [4.69, 9.17) is 4.74 Å². The smallest absolute Gasteiger partial charge is 0.251 e. The number of nitrogens with one attached hydrogen (secondary N) is 2. The van der Waals surface area contributed by atoms with E-state index in [0.717, 1.165) is 30.6 Å². The molecule has 1 aliphatic heterocycles. The summed E-state index contributed by atoms with van der Waals surface area (Å²) in [5.41, 5.74) is 2.53. The van der Waals surface area contributed by atoms with Gasteiger partial charge in [0.05, 0.1) is 6.61 Å². The molecule has 25 heavy (non-hydrogen) atoms. The predicted octanol–water partition coefficient (Wildman–Crippen LogP) is 2.97. The lowest BCUT2D eigenvalue weighted by molar-refractivity contribution is -0.0146. The number of hydrogen-bond donors (Lipinski definition) is 3. The second-order valence-electron chi connectivity index (χ2n) is 8.35. The van der Waals surface area contributed by atoms with Crippen LogP contribution in [0.2, 0.25) is 0 Å². The Morgan fingerprint density at radius 3 is 2.56 bits per heavy atom. The summed E-state index contributed by atoms with van der Waals surface area (Å²) in [6, 6.07) is 5.76. The number of carbonyl (C=O) groups excluding carboxylic acids is 1. The Labute approximate surface area is 151 Å². The summed E-state index contributed by atoms with van der Waals surface area (Å²) in [5.74, 6) is -0.0868. The molecule has 1 amide bonds. The van der Waals surface area contributed by atoms with E-state index in [1.807, 2.05) is 25.1 Å². The first-order chi connectivity index (χ1) is 11.8. The van der Waals surface area contributed by atoms with Crippen molar-refractivity contribution in [3.05, 3.63) is 29.3 Å². The van der Waals surface area contributed by atoms with Crippen LogP contribution in [0.1, 0.15) is 49.5 Å². The number of aliphatic hydroxyl groups excluding tert-OH is 1. The van der Waals surface area contributed by atoms with Gasteiger partial charge in [-0.2, -0.15) is 0 Å². The average molecular weight is 348 g/mol. The Kier molecular flexibility index (Phi) is 6.47. The second kappa shape index (κ2) is 8.19. The van der Waals surface area contributed by atoms with Gasteiger partial charge in [0.15, 0.2) is 0 Å². The quantitative estimate of drug-likeness (QED) is 0.739. The average Bonchev–Trinajstić information content (AvgIpc) is 2.59. The second-order valence-corrected chi connectivity index (χ2v) is 8.35. The van der Waals surface area contributed by atoms with Gasteiger partial charge in [-0.1, -0.05) is 26.8 Å². The molecule has 5 nitrogen and oxygen atoms in total. The maximum atomic E-state index is 12.7. The standard InChI is InChI=1S/C20H32N2O3/c1-15-16(6-5-7-17(15)21-12-19(2,3)4)18(24)22-13-20(14-23)8-10-25-11-9-20/h5-7,21,23H,8-14H2,1-4H3,(H,22,24). The van der Waals surface area contributed by atoms with Crippen molar-refractivity contribution in [2.24, 2.45) is 10.8 Å². The normalized spacial score (nSPS) is 17.2. The minimum Gasteiger partial charge on any atom is -0.396 e. The molecule has 1 aliphatic rings. The molecule has 1 aromatic carbocycles. The van der Waals surface area contributed by atoms with E-state index in [2.05, 4.69) is 31.4 Å². The summed E-state index contributed by atoms with van der Waals surface area (Å²) < 4.78 is 5.38. The third kappa shape index (κ3) is 5.44. The minimum atomic E-state index is -0.260. The molecule has 0 spiro atoms. The van der Waals surface area contributed by atoms with Crippen LogP contribution < -0.4 is 10.6 Å². The molecule has 140 valence electrons. The van der Waals surface area contributed by atoms with Crippen molar-refractivity contribution >= 4 is 11.6 Å². The third-order valence-electron chi connectivity index (χ3n) is 4.90. The van der Waals surface area contributed by atoms with Crippen LogP contribution in [-0.2, 0) is 4.74 Å². The zero-order chi connectivity index (χ0) is 18.5. The predicted molar refractivity (Wildman–Crippen MR) is 101 cm³/mol. The molecule has 0 aromatic heterocycles. The SMILES string of the molecule is Cc1c(NCC(C)(C)C)cccc1C(=O)NCC1(CO)CCOCC1. The van der Waals surface area contributed by atoms with Crippen LogP contribution in [0.4, 0.5) is 5.69 Å². The van der Waals surface area contributed by atoms with Crippen LogP contribution in [-0.4, -0.2) is 43.9 Å². The van der Waals surface area contributed by atoms with Crippen molar-refractivity contribution in [2.75, 3.05) is 38.2 Å². The van der Waals surface area contributed by atoms with Gasteiger partial charge in [-0.15, -0.1) is 0 Å². The number of benzene rings is 1. The largest absolute Gasteiger partial charge is 0.396 e. The van der Waals surface area contributed by atoms with Crippen LogP contribution in [0, 0.1) is 17.8 Å². The van der Waals surface area contributed by atoms with Crippen molar-refractivity contribution < 1.29 is 14.6 Å². The van der Waals surface area contributed by atoms with Crippen LogP contribution in [0.25, 0.3) is 0 Å². The number of ether oxygens (including phenoxy) is 1. The van der Waals surface area contributed by atoms with Gasteiger partial charge in [-0.25, -0.2) is 0 Å². The van der Waals surface area contributed by atoms with E-state index >= 15 is 0 Å². The lowest BCUT2D eigenvalue weighted by Gasteiger charge is -2.35. The maximum Gasteiger partial charge on any atom is 0.251 e. The summed E-state index contributed by atoms with van der Waals surface area (Å²) in [4.78, 5) is 12.7. The van der Waals surface area contributed by atoms with Crippen LogP contribution >= 0.6 is 0 Å². The van der Waals surface area contributed by atoms with E-state index in [1.54, 1.807) is 0 Å². The minimum absolute atomic E-state index is 0.0722. The Bertz CT molecular complexity index is 587. The van der Waals surface area contributed by atoms with Crippen molar-refractivity contribution in [2.45, 2.75) is 40.5 Å². The molecule has 0 bridgehead atoms. The Balaban J connectivity index is 2.03. The summed E-state index contributed by atoms with van der Waals surface area (Å²) >= 11 is 0. The third-order valence-corrected chi connectivity index (χ3v) is 4.90. The first kappa shape index (κ1) is 19.7. The molecule has 0 radical (unpaired) electrons. The summed E-state index contributed by atoms with van der Waals surface area (Å²) in [7, 11) is 0. The van der Waals surface area contributed by atoms with Gasteiger partial charge in [0, 0.05) is 43.0 Å². The highest BCUT2D eigenvalue weighted by molar-refractivity contribution is 5.97. The first-order valence-electron chi connectivity index (χ1n) is 9.07. The van der Waals surface area contributed by atoms with Gasteiger partial charge in [0.1, 0.15) is 0 Å². The number of aliphatic hydroxyl groups is 1. The highest BCUT2D eigenvalue weighted by Crippen LogP contribution is 2.29. The number of anilines is 1. The fourth-order valence-corrected chi connectivity index (χ4v) is 2.99. The zero-order valence-corrected chi connectivity index (χ0v) is 15.9. The van der Waals surface area contributed by atoms with Gasteiger partial charge < -0.3 is 20.5 Å². The van der Waals surface area contributed by atoms with Crippen LogP contribution in [0.3, 0.4) is 0 Å². The van der Waals surface area contributed by atoms with E-state index in [0.29, 0.717) is 25.3 Å². The molecule has 1 aromatic rings. The maximum absolute atomic E-state index is 12.7. The van der Waals surface area contributed by atoms with E-state index in [-0.39, 0.29) is 23.3 Å². The Hall–Kier alpha value is -1.59. The van der Waals surface area contributed by atoms with E-state index in [1.165, 1.54) is 0 Å². The van der Waals surface area contributed by atoms with Crippen LogP contribution in [0.15, 0.2) is 18.2 Å². The Morgan fingerprint density at radius 2 is 1.96 bits per heavy atom. The molecular formula is C20H32N2O3. The van der Waals surface area contributed by atoms with Gasteiger partial charge in [-0.05, 0) is 42.9 Å². The van der Waals surface area contributed by atoms with Crippen LogP contribution in [0.5, 0.6) is 0 Å². The monoisotopic (exact) mass is 348 g/mol. The molecule has 0 saturated carbocycles. The Morgan fingerprint density at radius 1 is 1.28 bits per heavy atom. The number of rotatable bonds is 6. The molecule has 1 saturated heterocycles. The number of amides is 1. The highest BCUT2D eigenvalue weighted by atomic mass is 16.5. The van der Waals surface area contributed by atoms with Gasteiger partial charge in [0.25, 0.3) is 5.91 Å². The number of carbonyl (C=O) groups is 1. The highest BCUT2D eigenvalue weighted by Gasteiger charge is 2.32. The van der Waals surface area contributed by atoms with E-state index in [9.17, 15) is 9.90 Å². The van der Waals surface area contributed by atoms with Gasteiger partial charge in [0.2, 0.25) is 0 Å². The topological polar surface area (TPSA) is 70.6 Å². The molecule has 3 N–H and O–H groups in total. The summed E-state index contributed by atoms with van der Waals surface area (Å²) in [6.07, 6.45) is 1.55. The van der Waals surface area contributed by atoms with Gasteiger partial charge in [-0.3, -0.25) is 4.79 Å². The van der Waals surface area contributed by atoms with Crippen molar-refractivity contribution in [1.82, 2.24) is 5.32 Å². The molecule has 5 heteroatoms. The molecular weight excluding hydrogens is 316 g/mol. The molecule has 0 atom stereocenters. The summed E-state index contributed by atoms with van der Waals surface area (Å²) in [6.45, 7) is 11.2. The lowest BCUT2D eigenvalue weighted by Crippen LogP contribution is -2.43. The molecule has 0 aliphatic carbocycles.